The molecule has 0 aromatic heterocycles. The van der Waals surface area contributed by atoms with Gasteiger partial charge in [0.1, 0.15) is 5.75 Å². The molecule has 29 heavy (non-hydrogen) atoms. The van der Waals surface area contributed by atoms with Crippen molar-refractivity contribution in [3.05, 3.63) is 80.8 Å². The minimum Gasteiger partial charge on any atom is -0.507 e. The summed E-state index contributed by atoms with van der Waals surface area (Å²) in [5, 5.41) is 14.6. The zero-order valence-electron chi connectivity index (χ0n) is 17.0. The molecular weight excluding hydrogens is 404 g/mol. The number of amides is 1. The summed E-state index contributed by atoms with van der Waals surface area (Å²) in [6.45, 7) is 8.63. The van der Waals surface area contributed by atoms with E-state index in [1.807, 2.05) is 19.1 Å². The van der Waals surface area contributed by atoms with Gasteiger partial charge >= 0.3 is 0 Å². The molecule has 0 bridgehead atoms. The number of carbonyl (C=O) groups is 1. The van der Waals surface area contributed by atoms with E-state index in [0.29, 0.717) is 6.54 Å². The Bertz CT molecular complexity index is 998. The van der Waals surface area contributed by atoms with Crippen LogP contribution < -0.4 is 10.2 Å². The van der Waals surface area contributed by atoms with Crippen molar-refractivity contribution in [3.8, 4) is 5.75 Å². The van der Waals surface area contributed by atoms with Crippen molar-refractivity contribution in [3.63, 3.8) is 0 Å². The SMILES string of the molecule is CC1=CN(c2ccc(C)c(Cl)c2)C(=CC(C)(C)CNC(=O)c2ccccc2O)S1. The predicted molar refractivity (Wildman–Crippen MR) is 122 cm³/mol. The summed E-state index contributed by atoms with van der Waals surface area (Å²) in [7, 11) is 0. The summed E-state index contributed by atoms with van der Waals surface area (Å²) in [6.07, 6.45) is 4.25. The van der Waals surface area contributed by atoms with E-state index in [1.54, 1.807) is 30.0 Å². The topological polar surface area (TPSA) is 52.6 Å². The summed E-state index contributed by atoms with van der Waals surface area (Å²) in [5.41, 5.74) is 2.03. The Morgan fingerprint density at radius 1 is 1.24 bits per heavy atom. The number of nitrogens with zero attached hydrogens (tertiary/aromatic N) is 1. The van der Waals surface area contributed by atoms with Crippen molar-refractivity contribution in [2.24, 2.45) is 5.41 Å². The second-order valence-electron chi connectivity index (χ2n) is 7.82. The van der Waals surface area contributed by atoms with Crippen LogP contribution in [-0.4, -0.2) is 17.6 Å². The molecule has 2 N–H and O–H groups in total. The number of allylic oxidation sites excluding steroid dienone is 1. The Morgan fingerprint density at radius 2 is 1.97 bits per heavy atom. The van der Waals surface area contributed by atoms with Gasteiger partial charge in [0.15, 0.2) is 0 Å². The fraction of sp³-hybridized carbons (Fsp3) is 0.261. The molecule has 152 valence electrons. The molecule has 0 aliphatic carbocycles. The van der Waals surface area contributed by atoms with Crippen LogP contribution in [0.4, 0.5) is 5.69 Å². The first-order valence-corrected chi connectivity index (χ1v) is 10.6. The number of phenolic OH excluding ortho intramolecular Hbond substituents is 1. The van der Waals surface area contributed by atoms with Crippen LogP contribution in [0.5, 0.6) is 5.75 Å². The van der Waals surface area contributed by atoms with E-state index in [9.17, 15) is 9.90 Å². The number of halogens is 1. The van der Waals surface area contributed by atoms with Crippen LogP contribution in [-0.2, 0) is 0 Å². The van der Waals surface area contributed by atoms with E-state index < -0.39 is 0 Å². The lowest BCUT2D eigenvalue weighted by Crippen LogP contribution is -2.33. The van der Waals surface area contributed by atoms with Crippen LogP contribution in [0.15, 0.2) is 64.7 Å². The molecule has 0 radical (unpaired) electrons. The summed E-state index contributed by atoms with van der Waals surface area (Å²) in [5.74, 6) is -0.306. The average molecular weight is 429 g/mol. The molecule has 4 nitrogen and oxygen atoms in total. The fourth-order valence-corrected chi connectivity index (χ4v) is 4.27. The molecular formula is C23H25ClN2O2S. The highest BCUT2D eigenvalue weighted by Gasteiger charge is 2.25. The molecule has 1 heterocycles. The highest BCUT2D eigenvalue weighted by Crippen LogP contribution is 2.41. The molecule has 0 atom stereocenters. The van der Waals surface area contributed by atoms with E-state index in [-0.39, 0.29) is 22.6 Å². The number of aryl methyl sites for hydroxylation is 1. The van der Waals surface area contributed by atoms with E-state index in [0.717, 1.165) is 21.3 Å². The van der Waals surface area contributed by atoms with Crippen molar-refractivity contribution in [2.75, 3.05) is 11.4 Å². The third-order valence-corrected chi connectivity index (χ3v) is 5.97. The quantitative estimate of drug-likeness (QED) is 0.607. The van der Waals surface area contributed by atoms with Crippen molar-refractivity contribution in [2.45, 2.75) is 27.7 Å². The van der Waals surface area contributed by atoms with Gasteiger partial charge in [0.05, 0.1) is 10.6 Å². The number of benzene rings is 2. The number of aromatic hydroxyl groups is 1. The summed E-state index contributed by atoms with van der Waals surface area (Å²) in [6, 6.07) is 12.6. The lowest BCUT2D eigenvalue weighted by Gasteiger charge is -2.25. The monoisotopic (exact) mass is 428 g/mol. The Morgan fingerprint density at radius 3 is 2.66 bits per heavy atom. The number of anilines is 1. The molecule has 1 aliphatic heterocycles. The number of carbonyl (C=O) groups excluding carboxylic acids is 1. The van der Waals surface area contributed by atoms with E-state index in [4.69, 9.17) is 11.6 Å². The van der Waals surface area contributed by atoms with Gasteiger partial charge in [-0.1, -0.05) is 55.4 Å². The fourth-order valence-electron chi connectivity index (χ4n) is 2.97. The highest BCUT2D eigenvalue weighted by molar-refractivity contribution is 8.07. The maximum absolute atomic E-state index is 12.4. The second kappa shape index (κ2) is 8.56. The molecule has 2 aromatic rings. The summed E-state index contributed by atoms with van der Waals surface area (Å²) < 4.78 is 0. The largest absolute Gasteiger partial charge is 0.507 e. The molecule has 0 saturated heterocycles. The van der Waals surface area contributed by atoms with Gasteiger partial charge in [0.25, 0.3) is 5.91 Å². The maximum atomic E-state index is 12.4. The summed E-state index contributed by atoms with van der Waals surface area (Å²) in [4.78, 5) is 15.7. The van der Waals surface area contributed by atoms with Gasteiger partial charge in [0, 0.05) is 33.8 Å². The first-order valence-electron chi connectivity index (χ1n) is 9.37. The van der Waals surface area contributed by atoms with Gasteiger partial charge in [-0.2, -0.15) is 0 Å². The molecule has 0 unspecified atom stereocenters. The van der Waals surface area contributed by atoms with Crippen LogP contribution in [0, 0.1) is 12.3 Å². The summed E-state index contributed by atoms with van der Waals surface area (Å²) >= 11 is 8.01. The molecule has 2 aromatic carbocycles. The minimum atomic E-state index is -0.298. The van der Waals surface area contributed by atoms with E-state index in [2.05, 4.69) is 49.3 Å². The number of thioether (sulfide) groups is 1. The normalized spacial score (nSPS) is 15.6. The number of rotatable bonds is 5. The van der Waals surface area contributed by atoms with Gasteiger partial charge in [-0.25, -0.2) is 0 Å². The van der Waals surface area contributed by atoms with E-state index >= 15 is 0 Å². The second-order valence-corrected chi connectivity index (χ2v) is 9.49. The lowest BCUT2D eigenvalue weighted by molar-refractivity contribution is 0.0940. The third-order valence-electron chi connectivity index (χ3n) is 4.61. The number of nitrogens with one attached hydrogen (secondary N) is 1. The Labute approximate surface area is 181 Å². The maximum Gasteiger partial charge on any atom is 0.255 e. The van der Waals surface area contributed by atoms with Crippen LogP contribution in [0.3, 0.4) is 0 Å². The van der Waals surface area contributed by atoms with Crippen LogP contribution in [0.1, 0.15) is 36.7 Å². The Balaban J connectivity index is 1.76. The molecule has 1 aliphatic rings. The lowest BCUT2D eigenvalue weighted by atomic mass is 9.93. The standard InChI is InChI=1S/C23H25ClN2O2S/c1-15-9-10-17(11-19(15)24)26-13-16(2)29-21(26)12-23(3,4)14-25-22(28)18-7-5-6-8-20(18)27/h5-13,27H,14H2,1-4H3,(H,25,28). The smallest absolute Gasteiger partial charge is 0.255 e. The van der Waals surface area contributed by atoms with Crippen LogP contribution in [0.25, 0.3) is 0 Å². The zero-order valence-corrected chi connectivity index (χ0v) is 18.6. The molecule has 0 saturated carbocycles. The first kappa shape index (κ1) is 21.3. The number of phenols is 1. The van der Waals surface area contributed by atoms with Gasteiger partial charge < -0.3 is 15.3 Å². The van der Waals surface area contributed by atoms with Crippen LogP contribution in [0.2, 0.25) is 5.02 Å². The molecule has 3 rings (SSSR count). The van der Waals surface area contributed by atoms with Crippen molar-refractivity contribution in [1.82, 2.24) is 5.32 Å². The molecule has 1 amide bonds. The van der Waals surface area contributed by atoms with E-state index in [1.165, 1.54) is 11.0 Å². The predicted octanol–water partition coefficient (Wildman–Crippen LogP) is 6.07. The zero-order chi connectivity index (χ0) is 21.2. The third kappa shape index (κ3) is 5.17. The molecule has 0 spiro atoms. The highest BCUT2D eigenvalue weighted by atomic mass is 35.5. The van der Waals surface area contributed by atoms with Gasteiger partial charge in [-0.05, 0) is 49.8 Å². The van der Waals surface area contributed by atoms with Gasteiger partial charge in [-0.3, -0.25) is 4.79 Å². The Hall–Kier alpha value is -2.37. The number of para-hydroxylation sites is 1. The number of hydrogen-bond donors (Lipinski definition) is 2. The molecule has 6 heteroatoms. The van der Waals surface area contributed by atoms with Gasteiger partial charge in [-0.15, -0.1) is 0 Å². The van der Waals surface area contributed by atoms with Gasteiger partial charge in [0.2, 0.25) is 0 Å². The minimum absolute atomic E-state index is 0.0187. The first-order chi connectivity index (χ1) is 13.7. The van der Waals surface area contributed by atoms with Crippen LogP contribution >= 0.6 is 23.4 Å². The van der Waals surface area contributed by atoms with Crippen molar-refractivity contribution in [1.29, 1.82) is 0 Å². The average Bonchev–Trinajstić information content (AvgIpc) is 3.02. The molecule has 0 fully saturated rings. The van der Waals surface area contributed by atoms with Crippen molar-refractivity contribution < 1.29 is 9.90 Å². The Kier molecular flexibility index (Phi) is 6.30. The number of hydrogen-bond acceptors (Lipinski definition) is 4. The van der Waals surface area contributed by atoms with Crippen molar-refractivity contribution >= 4 is 35.0 Å².